The fourth-order valence-corrected chi connectivity index (χ4v) is 1.52. The van der Waals surface area contributed by atoms with Crippen LogP contribution in [-0.2, 0) is 0 Å². The second kappa shape index (κ2) is 4.05. The molecule has 0 unspecified atom stereocenters. The first-order valence-electron chi connectivity index (χ1n) is 4.68. The molecule has 0 atom stereocenters. The first-order chi connectivity index (χ1) is 6.90. The zero-order valence-corrected chi connectivity index (χ0v) is 7.89. The summed E-state index contributed by atoms with van der Waals surface area (Å²) < 4.78 is 0. The van der Waals surface area contributed by atoms with E-state index in [4.69, 9.17) is 0 Å². The van der Waals surface area contributed by atoms with Crippen LogP contribution >= 0.6 is 0 Å². The maximum Gasteiger partial charge on any atom is 0.150 e. The van der Waals surface area contributed by atoms with Crippen LogP contribution in [0, 0.1) is 0 Å². The van der Waals surface area contributed by atoms with Crippen molar-refractivity contribution in [1.29, 1.82) is 0 Å². The summed E-state index contributed by atoms with van der Waals surface area (Å²) >= 11 is 0. The van der Waals surface area contributed by atoms with Gasteiger partial charge in [-0.05, 0) is 24.3 Å². The number of benzene rings is 1. The minimum absolute atomic E-state index is 0.722. The quantitative estimate of drug-likeness (QED) is 0.657. The highest BCUT2D eigenvalue weighted by molar-refractivity contribution is 5.76. The van der Waals surface area contributed by atoms with Gasteiger partial charge in [-0.1, -0.05) is 0 Å². The Morgan fingerprint density at radius 1 is 1.29 bits per heavy atom. The molecular weight excluding hydrogens is 176 g/mol. The van der Waals surface area contributed by atoms with E-state index in [0.717, 1.165) is 37.2 Å². The Kier molecular flexibility index (Phi) is 2.58. The molecule has 1 aromatic rings. The fourth-order valence-electron chi connectivity index (χ4n) is 1.52. The van der Waals surface area contributed by atoms with Gasteiger partial charge in [0.15, 0.2) is 0 Å². The topological polar surface area (TPSA) is 32.7 Å². The zero-order chi connectivity index (χ0) is 9.80. The number of carbonyl (C=O) groups excluding carboxylic acids is 1. The molecule has 0 aliphatic carbocycles. The number of aliphatic imine (C=N–C) groups is 1. The number of aldehydes is 1. The summed E-state index contributed by atoms with van der Waals surface area (Å²) in [5.74, 6) is 0. The Morgan fingerprint density at radius 2 is 2.07 bits per heavy atom. The minimum atomic E-state index is 0.722. The van der Waals surface area contributed by atoms with Gasteiger partial charge >= 0.3 is 0 Å². The maximum atomic E-state index is 10.5. The molecule has 0 bridgehead atoms. The van der Waals surface area contributed by atoms with Crippen molar-refractivity contribution >= 4 is 18.2 Å². The number of anilines is 1. The highest BCUT2D eigenvalue weighted by Crippen LogP contribution is 2.14. The third-order valence-corrected chi connectivity index (χ3v) is 2.32. The monoisotopic (exact) mass is 188 g/mol. The van der Waals surface area contributed by atoms with E-state index >= 15 is 0 Å². The fraction of sp³-hybridized carbons (Fsp3) is 0.273. The Bertz CT molecular complexity index is 343. The number of hydrogen-bond acceptors (Lipinski definition) is 3. The van der Waals surface area contributed by atoms with Gasteiger partial charge in [0.1, 0.15) is 6.29 Å². The molecule has 0 N–H and O–H groups in total. The van der Waals surface area contributed by atoms with Crippen molar-refractivity contribution in [3.05, 3.63) is 29.8 Å². The third kappa shape index (κ3) is 1.82. The van der Waals surface area contributed by atoms with Crippen molar-refractivity contribution in [3.8, 4) is 0 Å². The molecule has 0 fully saturated rings. The van der Waals surface area contributed by atoms with E-state index in [1.165, 1.54) is 0 Å². The van der Waals surface area contributed by atoms with Crippen molar-refractivity contribution in [2.24, 2.45) is 4.99 Å². The smallest absolute Gasteiger partial charge is 0.150 e. The van der Waals surface area contributed by atoms with Crippen molar-refractivity contribution < 1.29 is 4.79 Å². The van der Waals surface area contributed by atoms with Crippen molar-refractivity contribution in [2.75, 3.05) is 24.5 Å². The van der Waals surface area contributed by atoms with E-state index < -0.39 is 0 Å². The second-order valence-electron chi connectivity index (χ2n) is 3.24. The van der Waals surface area contributed by atoms with Crippen LogP contribution in [0.4, 0.5) is 5.69 Å². The van der Waals surface area contributed by atoms with Gasteiger partial charge in [-0.25, -0.2) is 0 Å². The molecule has 0 radical (unpaired) electrons. The van der Waals surface area contributed by atoms with Crippen molar-refractivity contribution in [3.63, 3.8) is 0 Å². The van der Waals surface area contributed by atoms with Gasteiger partial charge in [0.25, 0.3) is 0 Å². The molecule has 2 rings (SSSR count). The molecule has 1 aromatic carbocycles. The zero-order valence-electron chi connectivity index (χ0n) is 7.89. The lowest BCUT2D eigenvalue weighted by Gasteiger charge is -2.24. The van der Waals surface area contributed by atoms with Crippen LogP contribution in [0.2, 0.25) is 0 Å². The van der Waals surface area contributed by atoms with Gasteiger partial charge in [0, 0.05) is 24.0 Å². The normalized spacial score (nSPS) is 15.6. The van der Waals surface area contributed by atoms with Crippen LogP contribution in [0.25, 0.3) is 0 Å². The van der Waals surface area contributed by atoms with Crippen molar-refractivity contribution in [1.82, 2.24) is 0 Å². The molecule has 0 amide bonds. The maximum absolute atomic E-state index is 10.5. The summed E-state index contributed by atoms with van der Waals surface area (Å²) in [4.78, 5) is 16.9. The van der Waals surface area contributed by atoms with E-state index in [0.29, 0.717) is 0 Å². The van der Waals surface area contributed by atoms with E-state index in [9.17, 15) is 4.79 Å². The predicted octanol–water partition coefficient (Wildman–Crippen LogP) is 1.39. The molecule has 3 heteroatoms. The summed E-state index contributed by atoms with van der Waals surface area (Å²) in [6.07, 6.45) is 2.79. The summed E-state index contributed by atoms with van der Waals surface area (Å²) in [6, 6.07) is 7.63. The van der Waals surface area contributed by atoms with Crippen LogP contribution in [-0.4, -0.2) is 32.1 Å². The van der Waals surface area contributed by atoms with Crippen LogP contribution in [0.5, 0.6) is 0 Å². The van der Waals surface area contributed by atoms with Gasteiger partial charge in [-0.2, -0.15) is 0 Å². The highest BCUT2D eigenvalue weighted by Gasteiger charge is 2.06. The Hall–Kier alpha value is -1.64. The van der Waals surface area contributed by atoms with Gasteiger partial charge in [-0.3, -0.25) is 9.79 Å². The molecule has 1 aliphatic heterocycles. The van der Waals surface area contributed by atoms with Gasteiger partial charge in [0.2, 0.25) is 0 Å². The van der Waals surface area contributed by atoms with Gasteiger partial charge < -0.3 is 4.90 Å². The van der Waals surface area contributed by atoms with Crippen LogP contribution in [0.15, 0.2) is 29.3 Å². The number of rotatable bonds is 2. The predicted molar refractivity (Wildman–Crippen MR) is 57.4 cm³/mol. The SMILES string of the molecule is O=Cc1ccc(N2CC=NCC2)cc1. The summed E-state index contributed by atoms with van der Waals surface area (Å²) in [5, 5.41) is 0. The van der Waals surface area contributed by atoms with E-state index in [2.05, 4.69) is 9.89 Å². The third-order valence-electron chi connectivity index (χ3n) is 2.32. The lowest BCUT2D eigenvalue weighted by Crippen LogP contribution is -2.31. The average molecular weight is 188 g/mol. The van der Waals surface area contributed by atoms with Crippen LogP contribution < -0.4 is 4.90 Å². The van der Waals surface area contributed by atoms with Gasteiger partial charge in [0.05, 0.1) is 13.1 Å². The molecule has 72 valence electrons. The molecule has 3 nitrogen and oxygen atoms in total. The molecule has 0 spiro atoms. The average Bonchev–Trinajstić information content (AvgIpc) is 2.30. The minimum Gasteiger partial charge on any atom is -0.364 e. The van der Waals surface area contributed by atoms with Gasteiger partial charge in [-0.15, -0.1) is 0 Å². The first kappa shape index (κ1) is 8.94. The largest absolute Gasteiger partial charge is 0.364 e. The molecule has 14 heavy (non-hydrogen) atoms. The molecule has 1 heterocycles. The van der Waals surface area contributed by atoms with Crippen LogP contribution in [0.1, 0.15) is 10.4 Å². The summed E-state index contributed by atoms with van der Waals surface area (Å²) in [6.45, 7) is 2.67. The lowest BCUT2D eigenvalue weighted by atomic mass is 10.2. The molecular formula is C11H12N2O. The number of nitrogens with zero attached hydrogens (tertiary/aromatic N) is 2. The lowest BCUT2D eigenvalue weighted by molar-refractivity contribution is 0.112. The summed E-state index contributed by atoms with van der Waals surface area (Å²) in [5.41, 5.74) is 1.88. The number of hydrogen-bond donors (Lipinski definition) is 0. The Labute approximate surface area is 83.1 Å². The van der Waals surface area contributed by atoms with E-state index in [1.807, 2.05) is 30.5 Å². The van der Waals surface area contributed by atoms with Crippen LogP contribution in [0.3, 0.4) is 0 Å². The molecule has 1 aliphatic rings. The van der Waals surface area contributed by atoms with E-state index in [1.54, 1.807) is 0 Å². The first-order valence-corrected chi connectivity index (χ1v) is 4.68. The van der Waals surface area contributed by atoms with E-state index in [-0.39, 0.29) is 0 Å². The standard InChI is InChI=1S/C11H12N2O/c14-9-10-1-3-11(4-2-10)13-7-5-12-6-8-13/h1-5,9H,6-8H2. The van der Waals surface area contributed by atoms with Crippen molar-refractivity contribution in [2.45, 2.75) is 0 Å². The Balaban J connectivity index is 2.15. The molecule has 0 aromatic heterocycles. The molecule has 0 saturated heterocycles. The summed E-state index contributed by atoms with van der Waals surface area (Å²) in [7, 11) is 0. The Morgan fingerprint density at radius 3 is 2.64 bits per heavy atom. The highest BCUT2D eigenvalue weighted by atomic mass is 16.1. The number of carbonyl (C=O) groups is 1. The second-order valence-corrected chi connectivity index (χ2v) is 3.24. The molecule has 0 saturated carbocycles.